The number of pyridine rings is 1. The summed E-state index contributed by atoms with van der Waals surface area (Å²) in [5.74, 6) is -2.92. The van der Waals surface area contributed by atoms with Gasteiger partial charge in [0, 0.05) is 26.1 Å². The summed E-state index contributed by atoms with van der Waals surface area (Å²) in [7, 11) is 1.57. The Hall–Kier alpha value is -3.23. The molecule has 2 unspecified atom stereocenters. The van der Waals surface area contributed by atoms with Crippen LogP contribution in [0.1, 0.15) is 6.92 Å². The lowest BCUT2D eigenvalue weighted by atomic mass is 10.0. The monoisotopic (exact) mass is 346 g/mol. The van der Waals surface area contributed by atoms with Crippen LogP contribution in [0.5, 0.6) is 5.75 Å². The van der Waals surface area contributed by atoms with Crippen LogP contribution < -0.4 is 9.64 Å². The number of ether oxygens (including phenoxy) is 1. The number of fused-ring (bicyclic) bond motifs is 1. The largest absolute Gasteiger partial charge is 0.473 e. The van der Waals surface area contributed by atoms with Gasteiger partial charge < -0.3 is 9.64 Å². The van der Waals surface area contributed by atoms with Crippen LogP contribution in [0.3, 0.4) is 0 Å². The number of hydrogen-bond acceptors (Lipinski definition) is 5. The normalized spacial score (nSPS) is 22.1. The minimum atomic E-state index is -2.88. The molecule has 130 valence electrons. The van der Waals surface area contributed by atoms with Gasteiger partial charge in [-0.2, -0.15) is 9.49 Å². The Bertz CT molecular complexity index is 907. The summed E-state index contributed by atoms with van der Waals surface area (Å²) in [5, 5.41) is 15.2. The molecule has 2 atom stereocenters. The minimum Gasteiger partial charge on any atom is -0.473 e. The number of halogens is 1. The first-order valence-electron chi connectivity index (χ1n) is 7.40. The minimum absolute atomic E-state index is 0.178. The molecule has 8 nitrogen and oxygen atoms in total. The van der Waals surface area contributed by atoms with E-state index in [0.717, 1.165) is 6.08 Å². The van der Waals surface area contributed by atoms with E-state index in [1.54, 1.807) is 19.3 Å². The van der Waals surface area contributed by atoms with E-state index < -0.39 is 16.8 Å². The molecule has 3 rings (SSSR count). The fourth-order valence-corrected chi connectivity index (χ4v) is 2.45. The maximum Gasteiger partial charge on any atom is 0.417 e. The Morgan fingerprint density at radius 1 is 1.52 bits per heavy atom. The van der Waals surface area contributed by atoms with E-state index in [0.29, 0.717) is 11.2 Å². The third kappa shape index (κ3) is 2.84. The van der Waals surface area contributed by atoms with Gasteiger partial charge in [-0.1, -0.05) is 12.2 Å². The number of rotatable bonds is 4. The molecule has 0 aliphatic heterocycles. The van der Waals surface area contributed by atoms with Crippen molar-refractivity contribution in [3.8, 4) is 5.75 Å². The molecule has 1 amide bonds. The molecule has 0 saturated carbocycles. The standard InChI is InChI=1S/C16H15FN4O4/c1-11(22)19(2)12-9-14(13-6-8-18-20(13)10-12)25-15-5-3-4-7-16(15,17)21(23)24/h3-10,15H,1-2H3. The Kier molecular flexibility index (Phi) is 3.99. The summed E-state index contributed by atoms with van der Waals surface area (Å²) in [6.07, 6.45) is 6.52. The summed E-state index contributed by atoms with van der Waals surface area (Å²) < 4.78 is 21.8. The van der Waals surface area contributed by atoms with E-state index in [-0.39, 0.29) is 11.7 Å². The summed E-state index contributed by atoms with van der Waals surface area (Å²) in [6, 6.07) is 3.15. The topological polar surface area (TPSA) is 90.0 Å². The van der Waals surface area contributed by atoms with Gasteiger partial charge in [-0.3, -0.25) is 14.9 Å². The molecule has 0 bridgehead atoms. The highest BCUT2D eigenvalue weighted by Crippen LogP contribution is 2.32. The number of carbonyl (C=O) groups is 1. The fourth-order valence-electron chi connectivity index (χ4n) is 2.45. The van der Waals surface area contributed by atoms with Crippen molar-refractivity contribution in [3.63, 3.8) is 0 Å². The Labute approximate surface area is 141 Å². The maximum atomic E-state index is 14.7. The Morgan fingerprint density at radius 3 is 2.96 bits per heavy atom. The van der Waals surface area contributed by atoms with Crippen molar-refractivity contribution in [3.05, 3.63) is 58.9 Å². The van der Waals surface area contributed by atoms with Crippen LogP contribution >= 0.6 is 0 Å². The highest BCUT2D eigenvalue weighted by atomic mass is 19.1. The summed E-state index contributed by atoms with van der Waals surface area (Å²) in [6.45, 7) is 1.39. The molecule has 2 aromatic heterocycles. The van der Waals surface area contributed by atoms with Crippen LogP contribution in [-0.2, 0) is 4.79 Å². The van der Waals surface area contributed by atoms with Gasteiger partial charge in [-0.15, -0.1) is 0 Å². The lowest BCUT2D eigenvalue weighted by Gasteiger charge is -2.25. The van der Waals surface area contributed by atoms with Crippen molar-refractivity contribution >= 4 is 17.1 Å². The predicted octanol–water partition coefficient (Wildman–Crippen LogP) is 2.13. The lowest BCUT2D eigenvalue weighted by molar-refractivity contribution is -0.598. The number of alkyl halides is 1. The molecule has 25 heavy (non-hydrogen) atoms. The van der Waals surface area contributed by atoms with Gasteiger partial charge in [0.2, 0.25) is 12.0 Å². The first-order valence-corrected chi connectivity index (χ1v) is 7.40. The zero-order valence-corrected chi connectivity index (χ0v) is 13.5. The Morgan fingerprint density at radius 2 is 2.28 bits per heavy atom. The average molecular weight is 346 g/mol. The van der Waals surface area contributed by atoms with E-state index in [9.17, 15) is 19.3 Å². The fraction of sp³-hybridized carbons (Fsp3) is 0.250. The molecule has 0 N–H and O–H groups in total. The molecule has 1 aliphatic rings. The van der Waals surface area contributed by atoms with Gasteiger partial charge in [0.05, 0.1) is 23.0 Å². The van der Waals surface area contributed by atoms with Gasteiger partial charge in [0.15, 0.2) is 0 Å². The number of aromatic nitrogens is 2. The van der Waals surface area contributed by atoms with E-state index in [1.807, 2.05) is 0 Å². The number of carbonyl (C=O) groups excluding carboxylic acids is 1. The number of nitro groups is 1. The van der Waals surface area contributed by atoms with E-state index in [4.69, 9.17) is 4.74 Å². The molecule has 2 heterocycles. The third-order valence-electron chi connectivity index (χ3n) is 3.98. The quantitative estimate of drug-likeness (QED) is 0.481. The molecule has 9 heteroatoms. The number of allylic oxidation sites excluding steroid dienone is 2. The second-order valence-corrected chi connectivity index (χ2v) is 5.57. The average Bonchev–Trinajstić information content (AvgIpc) is 3.04. The molecule has 1 aliphatic carbocycles. The number of hydrogen-bond donors (Lipinski definition) is 0. The summed E-state index contributed by atoms with van der Waals surface area (Å²) in [4.78, 5) is 23.1. The smallest absolute Gasteiger partial charge is 0.417 e. The van der Waals surface area contributed by atoms with E-state index in [1.165, 1.54) is 46.8 Å². The number of amides is 1. The van der Waals surface area contributed by atoms with Crippen LogP contribution in [0.15, 0.2) is 48.8 Å². The van der Waals surface area contributed by atoms with Gasteiger partial charge in [-0.05, 0) is 12.1 Å². The third-order valence-corrected chi connectivity index (χ3v) is 3.98. The maximum absolute atomic E-state index is 14.7. The van der Waals surface area contributed by atoms with Gasteiger partial charge in [0.1, 0.15) is 11.3 Å². The zero-order valence-electron chi connectivity index (χ0n) is 13.5. The van der Waals surface area contributed by atoms with Crippen LogP contribution in [-0.4, -0.2) is 39.4 Å². The molecule has 0 aromatic carbocycles. The van der Waals surface area contributed by atoms with Crippen LogP contribution in [0.2, 0.25) is 0 Å². The van der Waals surface area contributed by atoms with Crippen molar-refractivity contribution in [2.75, 3.05) is 11.9 Å². The van der Waals surface area contributed by atoms with Crippen LogP contribution in [0, 0.1) is 10.1 Å². The van der Waals surface area contributed by atoms with Crippen molar-refractivity contribution in [1.29, 1.82) is 0 Å². The molecular weight excluding hydrogens is 331 g/mol. The molecule has 2 aromatic rings. The highest BCUT2D eigenvalue weighted by molar-refractivity contribution is 5.91. The van der Waals surface area contributed by atoms with E-state index >= 15 is 0 Å². The first kappa shape index (κ1) is 16.6. The molecule has 0 spiro atoms. The van der Waals surface area contributed by atoms with Gasteiger partial charge >= 0.3 is 5.79 Å². The molecule has 0 fully saturated rings. The SMILES string of the molecule is CC(=O)N(C)c1cc(OC2C=CC=CC2(F)[N+](=O)[O-])c2ccnn2c1. The Balaban J connectivity index is 2.04. The number of nitrogens with zero attached hydrogens (tertiary/aromatic N) is 4. The first-order chi connectivity index (χ1) is 11.8. The highest BCUT2D eigenvalue weighted by Gasteiger charge is 2.51. The second kappa shape index (κ2) is 6.00. The van der Waals surface area contributed by atoms with Crippen LogP contribution in [0.25, 0.3) is 5.52 Å². The van der Waals surface area contributed by atoms with Gasteiger partial charge in [0.25, 0.3) is 0 Å². The molecule has 0 radical (unpaired) electrons. The lowest BCUT2D eigenvalue weighted by Crippen LogP contribution is -2.46. The van der Waals surface area contributed by atoms with Crippen molar-refractivity contribution < 1.29 is 18.8 Å². The predicted molar refractivity (Wildman–Crippen MR) is 87.8 cm³/mol. The molecule has 0 saturated heterocycles. The molecular formula is C16H15FN4O4. The van der Waals surface area contributed by atoms with Gasteiger partial charge in [-0.25, -0.2) is 4.52 Å². The second-order valence-electron chi connectivity index (χ2n) is 5.57. The van der Waals surface area contributed by atoms with Crippen molar-refractivity contribution in [1.82, 2.24) is 9.61 Å². The zero-order chi connectivity index (χ0) is 18.2. The summed E-state index contributed by atoms with van der Waals surface area (Å²) in [5.41, 5.74) is 0.953. The summed E-state index contributed by atoms with van der Waals surface area (Å²) >= 11 is 0. The van der Waals surface area contributed by atoms with Crippen molar-refractivity contribution in [2.45, 2.75) is 18.8 Å². The van der Waals surface area contributed by atoms with Crippen LogP contribution in [0.4, 0.5) is 10.1 Å². The number of anilines is 1. The van der Waals surface area contributed by atoms with Crippen molar-refractivity contribution in [2.24, 2.45) is 0 Å². The van der Waals surface area contributed by atoms with E-state index in [2.05, 4.69) is 5.10 Å².